The summed E-state index contributed by atoms with van der Waals surface area (Å²) in [7, 11) is 2.08. The van der Waals surface area contributed by atoms with Crippen molar-refractivity contribution in [1.82, 2.24) is 9.88 Å². The summed E-state index contributed by atoms with van der Waals surface area (Å²) >= 11 is 0. The Morgan fingerprint density at radius 2 is 1.87 bits per heavy atom. The molecule has 1 N–H and O–H groups in total. The molecular formula is C32H42N2O4. The van der Waals surface area contributed by atoms with Gasteiger partial charge in [0.15, 0.2) is 0 Å². The number of aryl methyl sites for hydroxylation is 2. The van der Waals surface area contributed by atoms with Gasteiger partial charge < -0.3 is 23.9 Å². The van der Waals surface area contributed by atoms with Gasteiger partial charge in [0, 0.05) is 18.7 Å². The molecule has 1 heterocycles. The molecular weight excluding hydrogens is 476 g/mol. The summed E-state index contributed by atoms with van der Waals surface area (Å²) in [6.45, 7) is 10.3. The van der Waals surface area contributed by atoms with E-state index in [1.165, 1.54) is 11.1 Å². The van der Waals surface area contributed by atoms with Gasteiger partial charge >= 0.3 is 0 Å². The Morgan fingerprint density at radius 1 is 1.11 bits per heavy atom. The normalized spacial score (nSPS) is 18.5. The number of rotatable bonds is 13. The highest BCUT2D eigenvalue weighted by Gasteiger charge is 2.26. The number of aliphatic hydroxyl groups excluding tert-OH is 1. The smallest absolute Gasteiger partial charge is 0.226 e. The van der Waals surface area contributed by atoms with Gasteiger partial charge in [-0.1, -0.05) is 54.6 Å². The second-order valence-corrected chi connectivity index (χ2v) is 10.6. The summed E-state index contributed by atoms with van der Waals surface area (Å²) in [6.07, 6.45) is 5.14. The molecule has 0 spiro atoms. The quantitative estimate of drug-likeness (QED) is 0.255. The van der Waals surface area contributed by atoms with Crippen molar-refractivity contribution in [1.29, 1.82) is 0 Å². The van der Waals surface area contributed by atoms with Gasteiger partial charge in [-0.05, 0) is 70.7 Å². The van der Waals surface area contributed by atoms with Crippen molar-refractivity contribution >= 4 is 0 Å². The van der Waals surface area contributed by atoms with E-state index >= 15 is 0 Å². The fourth-order valence-corrected chi connectivity index (χ4v) is 5.00. The van der Waals surface area contributed by atoms with E-state index in [1.807, 2.05) is 25.1 Å². The predicted molar refractivity (Wildman–Crippen MR) is 151 cm³/mol. The van der Waals surface area contributed by atoms with Crippen LogP contribution in [0.25, 0.3) is 11.5 Å². The fourth-order valence-electron chi connectivity index (χ4n) is 5.00. The van der Waals surface area contributed by atoms with E-state index in [-0.39, 0.29) is 23.9 Å². The van der Waals surface area contributed by atoms with Gasteiger partial charge in [-0.15, -0.1) is 0 Å². The molecule has 1 aliphatic rings. The molecule has 1 aromatic heterocycles. The number of hydrogen-bond acceptors (Lipinski definition) is 6. The standard InChI is InChI=1S/C32H42N2O4/c1-23-10-8-13-27(18-23)32-33-31(25(3)38-32)22-37-30-15-9-14-29(19-30)36-21-28(24(2)35)20-34(4)17-16-26-11-6-5-7-12-26/h5-8,10-13,18,28-30,35H,2,9,14-17,19-22H2,1,3-4H3/t28?,29-,30+/m1/s1. The molecule has 0 aliphatic heterocycles. The number of nitrogens with zero attached hydrogens (tertiary/aromatic N) is 2. The van der Waals surface area contributed by atoms with Gasteiger partial charge in [-0.2, -0.15) is 0 Å². The van der Waals surface area contributed by atoms with Crippen LogP contribution in [0.5, 0.6) is 0 Å². The first kappa shape index (κ1) is 28.1. The maximum Gasteiger partial charge on any atom is 0.226 e. The van der Waals surface area contributed by atoms with Crippen LogP contribution in [0.2, 0.25) is 0 Å². The molecule has 1 unspecified atom stereocenters. The van der Waals surface area contributed by atoms with Gasteiger partial charge in [0.25, 0.3) is 0 Å². The van der Waals surface area contributed by atoms with Gasteiger partial charge in [0.1, 0.15) is 11.5 Å². The maximum atomic E-state index is 10.2. The lowest BCUT2D eigenvalue weighted by Gasteiger charge is -2.31. The molecule has 2 aromatic carbocycles. The summed E-state index contributed by atoms with van der Waals surface area (Å²) in [6, 6.07) is 18.6. The number of oxazole rings is 1. The molecule has 204 valence electrons. The van der Waals surface area contributed by atoms with Crippen molar-refractivity contribution in [3.05, 3.63) is 89.5 Å². The van der Waals surface area contributed by atoms with Gasteiger partial charge in [0.05, 0.1) is 37.1 Å². The molecule has 3 aromatic rings. The largest absolute Gasteiger partial charge is 0.513 e. The first-order valence-electron chi connectivity index (χ1n) is 13.7. The van der Waals surface area contributed by atoms with Crippen molar-refractivity contribution in [2.45, 2.75) is 64.8 Å². The van der Waals surface area contributed by atoms with E-state index in [2.05, 4.69) is 61.8 Å². The van der Waals surface area contributed by atoms with Crippen LogP contribution in [0.4, 0.5) is 0 Å². The molecule has 38 heavy (non-hydrogen) atoms. The summed E-state index contributed by atoms with van der Waals surface area (Å²) in [5.74, 6) is 1.51. The number of ether oxygens (including phenoxy) is 2. The molecule has 0 saturated heterocycles. The zero-order valence-electron chi connectivity index (χ0n) is 23.1. The average molecular weight is 519 g/mol. The first-order valence-corrected chi connectivity index (χ1v) is 13.7. The molecule has 6 heteroatoms. The van der Waals surface area contributed by atoms with E-state index in [9.17, 15) is 5.11 Å². The van der Waals surface area contributed by atoms with Crippen LogP contribution in [0.1, 0.15) is 48.3 Å². The average Bonchev–Trinajstić information content (AvgIpc) is 3.29. The lowest BCUT2D eigenvalue weighted by Crippen LogP contribution is -2.34. The van der Waals surface area contributed by atoms with Crippen molar-refractivity contribution < 1.29 is 19.0 Å². The number of likely N-dealkylation sites (N-methyl/N-ethyl adjacent to an activating group) is 1. The highest BCUT2D eigenvalue weighted by Crippen LogP contribution is 2.27. The maximum absolute atomic E-state index is 10.2. The SMILES string of the molecule is C=C(O)C(CO[C@@H]1CCC[C@H](OCc2nc(-c3cccc(C)c3)oc2C)C1)CN(C)CCc1ccccc1. The minimum Gasteiger partial charge on any atom is -0.513 e. The van der Waals surface area contributed by atoms with Crippen molar-refractivity contribution in [3.63, 3.8) is 0 Å². The Hall–Kier alpha value is -2.93. The highest BCUT2D eigenvalue weighted by atomic mass is 16.5. The minimum atomic E-state index is -0.116. The Kier molecular flexibility index (Phi) is 10.2. The number of aliphatic hydroxyl groups is 1. The Bertz CT molecular complexity index is 1160. The predicted octanol–water partition coefficient (Wildman–Crippen LogP) is 6.67. The number of aromatic nitrogens is 1. The van der Waals surface area contributed by atoms with Gasteiger partial charge in [-0.3, -0.25) is 0 Å². The van der Waals surface area contributed by atoms with Crippen molar-refractivity contribution in [3.8, 4) is 11.5 Å². The number of benzene rings is 2. The third-order valence-electron chi connectivity index (χ3n) is 7.35. The Morgan fingerprint density at radius 3 is 2.61 bits per heavy atom. The van der Waals surface area contributed by atoms with Crippen LogP contribution in [-0.2, 0) is 22.5 Å². The third kappa shape index (κ3) is 8.29. The summed E-state index contributed by atoms with van der Waals surface area (Å²) in [4.78, 5) is 6.94. The zero-order chi connectivity index (χ0) is 26.9. The monoisotopic (exact) mass is 518 g/mol. The second-order valence-electron chi connectivity index (χ2n) is 10.6. The molecule has 3 atom stereocenters. The Balaban J connectivity index is 1.23. The van der Waals surface area contributed by atoms with Crippen molar-refractivity contribution in [2.75, 3.05) is 26.7 Å². The minimum absolute atomic E-state index is 0.116. The topological polar surface area (TPSA) is 68.0 Å². The Labute approximate surface area is 227 Å². The van der Waals surface area contributed by atoms with Crippen molar-refractivity contribution in [2.24, 2.45) is 5.92 Å². The summed E-state index contributed by atoms with van der Waals surface area (Å²) < 4.78 is 18.5. The van der Waals surface area contributed by atoms with E-state index in [0.717, 1.165) is 55.7 Å². The van der Waals surface area contributed by atoms with Crippen LogP contribution in [0.3, 0.4) is 0 Å². The van der Waals surface area contributed by atoms with E-state index in [0.29, 0.717) is 25.6 Å². The lowest BCUT2D eigenvalue weighted by atomic mass is 9.94. The van der Waals surface area contributed by atoms with E-state index < -0.39 is 0 Å². The number of hydrogen-bond donors (Lipinski definition) is 1. The van der Waals surface area contributed by atoms with Crippen LogP contribution in [0, 0.1) is 19.8 Å². The van der Waals surface area contributed by atoms with Crippen LogP contribution in [-0.4, -0.2) is 53.9 Å². The van der Waals surface area contributed by atoms with E-state index in [4.69, 9.17) is 18.9 Å². The van der Waals surface area contributed by atoms with Gasteiger partial charge in [0.2, 0.25) is 5.89 Å². The zero-order valence-corrected chi connectivity index (χ0v) is 23.1. The fraction of sp³-hybridized carbons (Fsp3) is 0.469. The van der Waals surface area contributed by atoms with Gasteiger partial charge in [-0.25, -0.2) is 4.98 Å². The molecule has 0 amide bonds. The lowest BCUT2D eigenvalue weighted by molar-refractivity contribution is -0.0596. The van der Waals surface area contributed by atoms with E-state index in [1.54, 1.807) is 0 Å². The summed E-state index contributed by atoms with van der Waals surface area (Å²) in [5, 5.41) is 10.2. The summed E-state index contributed by atoms with van der Waals surface area (Å²) in [5.41, 5.74) is 4.32. The van der Waals surface area contributed by atoms with Crippen LogP contribution < -0.4 is 0 Å². The first-order chi connectivity index (χ1) is 18.4. The molecule has 4 rings (SSSR count). The molecule has 0 bridgehead atoms. The van der Waals surface area contributed by atoms with Crippen LogP contribution >= 0.6 is 0 Å². The highest BCUT2D eigenvalue weighted by molar-refractivity contribution is 5.54. The molecule has 1 saturated carbocycles. The van der Waals surface area contributed by atoms with Crippen LogP contribution in [0.15, 0.2) is 71.4 Å². The molecule has 1 fully saturated rings. The molecule has 1 aliphatic carbocycles. The third-order valence-corrected chi connectivity index (χ3v) is 7.35. The molecule has 0 radical (unpaired) electrons. The second kappa shape index (κ2) is 13.7. The molecule has 6 nitrogen and oxygen atoms in total.